The molecule has 18 heavy (non-hydrogen) atoms. The largest absolute Gasteiger partial charge is 0.486 e. The Hall–Kier alpha value is -1.42. The van der Waals surface area contributed by atoms with E-state index < -0.39 is 0 Å². The maximum Gasteiger partial charge on any atom is 0.163 e. The van der Waals surface area contributed by atoms with Gasteiger partial charge in [-0.15, -0.1) is 0 Å². The maximum absolute atomic E-state index is 5.58. The van der Waals surface area contributed by atoms with E-state index in [0.29, 0.717) is 13.2 Å². The normalized spacial score (nSPS) is 19.6. The maximum atomic E-state index is 5.58. The van der Waals surface area contributed by atoms with Crippen LogP contribution in [0.3, 0.4) is 0 Å². The van der Waals surface area contributed by atoms with Gasteiger partial charge in [-0.1, -0.05) is 0 Å². The molecular formula is C14H20N2O2. The standard InChI is InChI=1S/C14H20N2O2/c1-2-13-14(18-8-7-17-13)9-12(1)16-10-11-3-5-15-6-4-11/h1-2,9,11,15-16H,3-8,10H2. The van der Waals surface area contributed by atoms with Crippen LogP contribution >= 0.6 is 0 Å². The van der Waals surface area contributed by atoms with Gasteiger partial charge >= 0.3 is 0 Å². The second-order valence-electron chi connectivity index (χ2n) is 4.93. The molecule has 2 aliphatic heterocycles. The van der Waals surface area contributed by atoms with Gasteiger partial charge in [0.15, 0.2) is 11.5 Å². The number of piperidine rings is 1. The molecule has 0 amide bonds. The van der Waals surface area contributed by atoms with Crippen molar-refractivity contribution in [3.8, 4) is 11.5 Å². The number of nitrogens with one attached hydrogen (secondary N) is 2. The van der Waals surface area contributed by atoms with E-state index in [0.717, 1.165) is 42.7 Å². The van der Waals surface area contributed by atoms with E-state index >= 15 is 0 Å². The SMILES string of the molecule is c1cc2c(cc1NCC1CCNCC1)OCCO2. The number of rotatable bonds is 3. The van der Waals surface area contributed by atoms with Crippen molar-refractivity contribution in [2.24, 2.45) is 5.92 Å². The van der Waals surface area contributed by atoms with Crippen molar-refractivity contribution in [3.05, 3.63) is 18.2 Å². The molecule has 1 saturated heterocycles. The van der Waals surface area contributed by atoms with E-state index in [4.69, 9.17) is 9.47 Å². The minimum atomic E-state index is 0.644. The highest BCUT2D eigenvalue weighted by atomic mass is 16.6. The molecule has 3 rings (SSSR count). The zero-order valence-corrected chi connectivity index (χ0v) is 10.6. The first-order valence-corrected chi connectivity index (χ1v) is 6.76. The van der Waals surface area contributed by atoms with Gasteiger partial charge in [0.05, 0.1) is 0 Å². The fourth-order valence-corrected chi connectivity index (χ4v) is 2.50. The molecule has 0 aromatic heterocycles. The van der Waals surface area contributed by atoms with Crippen LogP contribution in [0.5, 0.6) is 11.5 Å². The second-order valence-corrected chi connectivity index (χ2v) is 4.93. The Morgan fingerprint density at radius 3 is 2.72 bits per heavy atom. The van der Waals surface area contributed by atoms with Crippen molar-refractivity contribution in [2.45, 2.75) is 12.8 Å². The molecule has 0 saturated carbocycles. The third-order valence-corrected chi connectivity index (χ3v) is 3.60. The van der Waals surface area contributed by atoms with Crippen LogP contribution in [0, 0.1) is 5.92 Å². The average Bonchev–Trinajstić information content (AvgIpc) is 2.46. The lowest BCUT2D eigenvalue weighted by Crippen LogP contribution is -2.31. The molecule has 1 fully saturated rings. The van der Waals surface area contributed by atoms with Crippen LogP contribution in [0.2, 0.25) is 0 Å². The molecule has 0 atom stereocenters. The van der Waals surface area contributed by atoms with Gasteiger partial charge in [-0.3, -0.25) is 0 Å². The van der Waals surface area contributed by atoms with Crippen molar-refractivity contribution in [2.75, 3.05) is 38.2 Å². The molecular weight excluding hydrogens is 228 g/mol. The number of ether oxygens (including phenoxy) is 2. The van der Waals surface area contributed by atoms with Crippen molar-refractivity contribution in [1.82, 2.24) is 5.32 Å². The smallest absolute Gasteiger partial charge is 0.163 e. The Morgan fingerprint density at radius 1 is 1.11 bits per heavy atom. The highest BCUT2D eigenvalue weighted by molar-refractivity contribution is 5.55. The van der Waals surface area contributed by atoms with Crippen LogP contribution in [0.15, 0.2) is 18.2 Å². The molecule has 1 aromatic rings. The second kappa shape index (κ2) is 5.48. The molecule has 0 unspecified atom stereocenters. The highest BCUT2D eigenvalue weighted by Crippen LogP contribution is 2.32. The molecule has 0 aliphatic carbocycles. The van der Waals surface area contributed by atoms with Crippen molar-refractivity contribution in [3.63, 3.8) is 0 Å². The van der Waals surface area contributed by atoms with Crippen LogP contribution < -0.4 is 20.1 Å². The summed E-state index contributed by atoms with van der Waals surface area (Å²) in [5.41, 5.74) is 1.12. The lowest BCUT2D eigenvalue weighted by Gasteiger charge is -2.24. The van der Waals surface area contributed by atoms with Gasteiger partial charge < -0.3 is 20.1 Å². The first kappa shape index (κ1) is 11.7. The zero-order chi connectivity index (χ0) is 12.2. The van der Waals surface area contributed by atoms with Crippen molar-refractivity contribution in [1.29, 1.82) is 0 Å². The molecule has 1 aromatic carbocycles. The monoisotopic (exact) mass is 248 g/mol. The average molecular weight is 248 g/mol. The van der Waals surface area contributed by atoms with E-state index in [9.17, 15) is 0 Å². The summed E-state index contributed by atoms with van der Waals surface area (Å²) in [6.45, 7) is 4.63. The molecule has 0 radical (unpaired) electrons. The molecule has 2 N–H and O–H groups in total. The summed E-state index contributed by atoms with van der Waals surface area (Å²) in [6.07, 6.45) is 2.52. The van der Waals surface area contributed by atoms with E-state index in [1.165, 1.54) is 12.8 Å². The van der Waals surface area contributed by atoms with Gasteiger partial charge in [0.2, 0.25) is 0 Å². The van der Waals surface area contributed by atoms with Crippen LogP contribution in [0.1, 0.15) is 12.8 Å². The Kier molecular flexibility index (Phi) is 3.55. The molecule has 2 heterocycles. The molecule has 0 bridgehead atoms. The van der Waals surface area contributed by atoms with E-state index in [1.54, 1.807) is 0 Å². The van der Waals surface area contributed by atoms with Gasteiger partial charge in [0.1, 0.15) is 13.2 Å². The summed E-state index contributed by atoms with van der Waals surface area (Å²) >= 11 is 0. The summed E-state index contributed by atoms with van der Waals surface area (Å²) in [5, 5.41) is 6.89. The molecule has 4 heteroatoms. The third kappa shape index (κ3) is 2.70. The van der Waals surface area contributed by atoms with Crippen LogP contribution in [0.25, 0.3) is 0 Å². The van der Waals surface area contributed by atoms with Gasteiger partial charge in [0.25, 0.3) is 0 Å². The summed E-state index contributed by atoms with van der Waals surface area (Å²) in [5.74, 6) is 2.49. The quantitative estimate of drug-likeness (QED) is 0.857. The lowest BCUT2D eigenvalue weighted by atomic mass is 9.98. The minimum Gasteiger partial charge on any atom is -0.486 e. The summed E-state index contributed by atoms with van der Waals surface area (Å²) < 4.78 is 11.1. The van der Waals surface area contributed by atoms with E-state index in [-0.39, 0.29) is 0 Å². The number of hydrogen-bond acceptors (Lipinski definition) is 4. The molecule has 0 spiro atoms. The number of hydrogen-bond donors (Lipinski definition) is 2. The van der Waals surface area contributed by atoms with E-state index in [2.05, 4.69) is 16.7 Å². The minimum absolute atomic E-state index is 0.644. The Morgan fingerprint density at radius 2 is 1.89 bits per heavy atom. The van der Waals surface area contributed by atoms with Crippen LogP contribution in [-0.4, -0.2) is 32.8 Å². The number of benzene rings is 1. The fourth-order valence-electron chi connectivity index (χ4n) is 2.50. The van der Waals surface area contributed by atoms with Crippen molar-refractivity contribution >= 4 is 5.69 Å². The molecule has 4 nitrogen and oxygen atoms in total. The lowest BCUT2D eigenvalue weighted by molar-refractivity contribution is 0.171. The predicted molar refractivity (Wildman–Crippen MR) is 71.5 cm³/mol. The fraction of sp³-hybridized carbons (Fsp3) is 0.571. The van der Waals surface area contributed by atoms with Crippen molar-refractivity contribution < 1.29 is 9.47 Å². The first-order chi connectivity index (χ1) is 8.92. The number of anilines is 1. The number of fused-ring (bicyclic) bond motifs is 1. The summed E-state index contributed by atoms with van der Waals surface area (Å²) in [4.78, 5) is 0. The van der Waals surface area contributed by atoms with Gasteiger partial charge in [0, 0.05) is 18.3 Å². The molecule has 98 valence electrons. The Bertz CT molecular complexity index is 403. The van der Waals surface area contributed by atoms with E-state index in [1.807, 2.05) is 12.1 Å². The van der Waals surface area contributed by atoms with Gasteiger partial charge in [-0.25, -0.2) is 0 Å². The topological polar surface area (TPSA) is 42.5 Å². The molecule has 2 aliphatic rings. The Balaban J connectivity index is 1.58. The third-order valence-electron chi connectivity index (χ3n) is 3.60. The van der Waals surface area contributed by atoms with Crippen LogP contribution in [-0.2, 0) is 0 Å². The highest BCUT2D eigenvalue weighted by Gasteiger charge is 2.14. The van der Waals surface area contributed by atoms with Gasteiger partial charge in [-0.05, 0) is 44.0 Å². The first-order valence-electron chi connectivity index (χ1n) is 6.76. The predicted octanol–water partition coefficient (Wildman–Crippen LogP) is 1.87. The summed E-state index contributed by atoms with van der Waals surface area (Å²) in [6, 6.07) is 6.09. The summed E-state index contributed by atoms with van der Waals surface area (Å²) in [7, 11) is 0. The van der Waals surface area contributed by atoms with Gasteiger partial charge in [-0.2, -0.15) is 0 Å². The Labute approximate surface area is 108 Å². The van der Waals surface area contributed by atoms with Crippen LogP contribution in [0.4, 0.5) is 5.69 Å². The zero-order valence-electron chi connectivity index (χ0n) is 10.6.